The molecule has 0 spiro atoms. The van der Waals surface area contributed by atoms with E-state index < -0.39 is 11.9 Å². The third kappa shape index (κ3) is 26.6. The van der Waals surface area contributed by atoms with Gasteiger partial charge in [0, 0.05) is 64.7 Å². The molecule has 0 amide bonds. The molecule has 4 N–H and O–H groups in total. The third-order valence-corrected chi connectivity index (χ3v) is 4.17. The van der Waals surface area contributed by atoms with Gasteiger partial charge in [0.05, 0.1) is 30.8 Å². The van der Waals surface area contributed by atoms with E-state index in [0.29, 0.717) is 19.7 Å². The number of carboxylic acids is 2. The van der Waals surface area contributed by atoms with Crippen molar-refractivity contribution < 1.29 is 54.9 Å². The Bertz CT molecular complexity index is 855. The molecule has 0 aromatic carbocycles. The SMILES string of the molecule is C.C.C.C.CO.C[C@@H](Cn1cccn1)C(=O)O.C[C@@H](Cn1cccn1)C(=O)O.C[C@H]1COC1=O.[CH3-].[Pd].c1cn[nH]c1. The smallest absolute Gasteiger partial charge is 0.312 e. The second-order valence-corrected chi connectivity index (χ2v) is 7.23. The van der Waals surface area contributed by atoms with Crippen molar-refractivity contribution in [1.82, 2.24) is 29.8 Å². The fourth-order valence-corrected chi connectivity index (χ4v) is 2.07. The number of carbonyl (C=O) groups excluding carboxylic acids is 1. The predicted molar refractivity (Wildman–Crippen MR) is 158 cm³/mol. The molecule has 0 aliphatic carbocycles. The summed E-state index contributed by atoms with van der Waals surface area (Å²) in [5.41, 5.74) is 0. The molecular weight excluding hydrogens is 627 g/mol. The van der Waals surface area contributed by atoms with E-state index in [1.807, 2.05) is 13.0 Å². The van der Waals surface area contributed by atoms with E-state index in [9.17, 15) is 14.4 Å². The van der Waals surface area contributed by atoms with Gasteiger partial charge in [-0.1, -0.05) is 43.6 Å². The third-order valence-electron chi connectivity index (χ3n) is 4.17. The van der Waals surface area contributed by atoms with E-state index in [0.717, 1.165) is 7.11 Å². The number of nitrogens with zero attached hydrogens (tertiary/aromatic N) is 5. The minimum atomic E-state index is -0.791. The van der Waals surface area contributed by atoms with Crippen molar-refractivity contribution in [3.8, 4) is 0 Å². The van der Waals surface area contributed by atoms with Gasteiger partial charge in [-0.05, 0) is 25.1 Å². The second-order valence-electron chi connectivity index (χ2n) is 7.23. The van der Waals surface area contributed by atoms with E-state index >= 15 is 0 Å². The Labute approximate surface area is 260 Å². The van der Waals surface area contributed by atoms with Crippen molar-refractivity contribution in [3.63, 3.8) is 0 Å². The fraction of sp³-hybridized carbons (Fsp3) is 0.519. The summed E-state index contributed by atoms with van der Waals surface area (Å²) in [5.74, 6) is -2.23. The Hall–Kier alpha value is -3.34. The molecule has 14 heteroatoms. The minimum Gasteiger partial charge on any atom is -0.481 e. The van der Waals surface area contributed by atoms with Gasteiger partial charge in [-0.15, -0.1) is 0 Å². The Morgan fingerprint density at radius 2 is 1.32 bits per heavy atom. The average Bonchev–Trinajstić information content (AvgIpc) is 3.65. The van der Waals surface area contributed by atoms with Crippen molar-refractivity contribution in [3.05, 3.63) is 62.8 Å². The van der Waals surface area contributed by atoms with Crippen molar-refractivity contribution in [2.75, 3.05) is 13.7 Å². The topological polar surface area (TPSA) is 185 Å². The maximum absolute atomic E-state index is 10.4. The van der Waals surface area contributed by atoms with Gasteiger partial charge in [-0.2, -0.15) is 15.3 Å². The number of H-pyrrole nitrogens is 1. The van der Waals surface area contributed by atoms with Crippen LogP contribution in [-0.4, -0.2) is 76.7 Å². The molecule has 41 heavy (non-hydrogen) atoms. The minimum absolute atomic E-state index is 0. The van der Waals surface area contributed by atoms with Crippen LogP contribution < -0.4 is 0 Å². The van der Waals surface area contributed by atoms with Crippen LogP contribution >= 0.6 is 0 Å². The van der Waals surface area contributed by atoms with Gasteiger partial charge in [0.15, 0.2) is 0 Å². The van der Waals surface area contributed by atoms with E-state index in [4.69, 9.17) is 15.3 Å². The van der Waals surface area contributed by atoms with Gasteiger partial charge in [0.2, 0.25) is 0 Å². The monoisotopic (exact) mass is 679 g/mol. The quantitative estimate of drug-likeness (QED) is 0.165. The van der Waals surface area contributed by atoms with Gasteiger partial charge in [0.25, 0.3) is 0 Å². The van der Waals surface area contributed by atoms with Gasteiger partial charge in [-0.3, -0.25) is 28.8 Å². The number of hydrogen-bond donors (Lipinski definition) is 4. The average molecular weight is 680 g/mol. The van der Waals surface area contributed by atoms with Crippen LogP contribution in [-0.2, 0) is 52.6 Å². The summed E-state index contributed by atoms with van der Waals surface area (Å²) in [6, 6.07) is 5.38. The molecule has 1 saturated heterocycles. The van der Waals surface area contributed by atoms with Crippen LogP contribution in [0.5, 0.6) is 0 Å². The first-order chi connectivity index (χ1) is 16.7. The van der Waals surface area contributed by atoms with Gasteiger partial charge >= 0.3 is 17.9 Å². The molecule has 1 aliphatic heterocycles. The molecule has 0 radical (unpaired) electrons. The normalized spacial score (nSPS) is 12.6. The number of aliphatic carboxylic acids is 2. The molecular formula is C27H53N6O7Pd-. The van der Waals surface area contributed by atoms with Gasteiger partial charge < -0.3 is 27.5 Å². The van der Waals surface area contributed by atoms with E-state index in [1.54, 1.807) is 72.5 Å². The van der Waals surface area contributed by atoms with E-state index in [2.05, 4.69) is 25.1 Å². The first-order valence-electron chi connectivity index (χ1n) is 10.7. The number of esters is 1. The maximum Gasteiger partial charge on any atom is 0.312 e. The number of aromatic nitrogens is 6. The molecule has 0 unspecified atom stereocenters. The largest absolute Gasteiger partial charge is 0.481 e. The van der Waals surface area contributed by atoms with Crippen LogP contribution in [0.1, 0.15) is 50.5 Å². The van der Waals surface area contributed by atoms with Crippen LogP contribution in [0.15, 0.2) is 55.4 Å². The molecule has 4 heterocycles. The summed E-state index contributed by atoms with van der Waals surface area (Å²) in [5, 5.41) is 38.1. The van der Waals surface area contributed by atoms with Crippen molar-refractivity contribution in [2.45, 2.75) is 63.6 Å². The Morgan fingerprint density at radius 1 is 0.927 bits per heavy atom. The predicted octanol–water partition coefficient (Wildman–Crippen LogP) is 4.40. The van der Waals surface area contributed by atoms with Crippen LogP contribution in [0.2, 0.25) is 0 Å². The molecule has 1 fully saturated rings. The number of ether oxygens (including phenoxy) is 1. The zero-order valence-electron chi connectivity index (χ0n) is 21.6. The number of aromatic amines is 1. The Morgan fingerprint density at radius 3 is 1.46 bits per heavy atom. The standard InChI is InChI=1S/2C7H10N2O2.C4H6O2.C3H4N2.CH4O.4CH4.CH3.Pd/c2*1-6(7(10)11)5-9-4-2-3-8-9;1-3-2-6-4(3)5;1-2-4-5-3-1;1-2;;;;;;/h2*2-4,6H,5H2,1H3,(H,10,11);3H,2H2,1H3;1-3H,(H,4,5);2H,1H3;4*1H4;1H3;/q;;;;;;;;;-1;/t2*6-;3-;;;;;;;;/m000......../s1. The molecule has 0 saturated carbocycles. The van der Waals surface area contributed by atoms with Crippen LogP contribution in [0.3, 0.4) is 0 Å². The fourth-order valence-electron chi connectivity index (χ4n) is 2.07. The maximum atomic E-state index is 10.4. The number of cyclic esters (lactones) is 1. The van der Waals surface area contributed by atoms with Gasteiger partial charge in [-0.25, -0.2) is 0 Å². The van der Waals surface area contributed by atoms with Crippen molar-refractivity contribution in [2.24, 2.45) is 17.8 Å². The number of nitrogens with one attached hydrogen (secondary N) is 1. The molecule has 13 nitrogen and oxygen atoms in total. The number of hydrogen-bond acceptors (Lipinski definition) is 8. The first kappa shape index (κ1) is 53.8. The van der Waals surface area contributed by atoms with E-state index in [-0.39, 0.29) is 81.3 Å². The Balaban J connectivity index is -0.0000000727. The molecule has 0 bridgehead atoms. The number of aliphatic hydroxyl groups is 1. The summed E-state index contributed by atoms with van der Waals surface area (Å²) in [7, 11) is 1.00. The second kappa shape index (κ2) is 32.9. The van der Waals surface area contributed by atoms with E-state index in [1.165, 1.54) is 0 Å². The summed E-state index contributed by atoms with van der Waals surface area (Å²) in [4.78, 5) is 30.8. The number of carbonyl (C=O) groups is 3. The first-order valence-corrected chi connectivity index (χ1v) is 10.7. The Kier molecular flexibility index (Phi) is 43.2. The molecule has 3 aromatic heterocycles. The molecule has 3 aromatic rings. The zero-order chi connectivity index (χ0) is 26.6. The van der Waals surface area contributed by atoms with Crippen LogP contribution in [0, 0.1) is 25.2 Å². The molecule has 3 atom stereocenters. The van der Waals surface area contributed by atoms with Gasteiger partial charge in [0.1, 0.15) is 6.61 Å². The summed E-state index contributed by atoms with van der Waals surface area (Å²) in [6.45, 7) is 6.66. The number of aliphatic hydroxyl groups excluding tert-OH is 1. The summed E-state index contributed by atoms with van der Waals surface area (Å²) in [6.07, 6.45) is 10.2. The molecule has 4 rings (SSSR count). The van der Waals surface area contributed by atoms with Crippen LogP contribution in [0.4, 0.5) is 0 Å². The van der Waals surface area contributed by atoms with Crippen LogP contribution in [0.25, 0.3) is 0 Å². The van der Waals surface area contributed by atoms with Crippen molar-refractivity contribution in [1.29, 1.82) is 0 Å². The van der Waals surface area contributed by atoms with Crippen molar-refractivity contribution >= 4 is 17.9 Å². The number of carboxylic acid groups (broad SMARTS) is 2. The summed E-state index contributed by atoms with van der Waals surface area (Å²) < 4.78 is 7.62. The molecule has 1 aliphatic rings. The molecule has 244 valence electrons. The summed E-state index contributed by atoms with van der Waals surface area (Å²) >= 11 is 0. The zero-order valence-corrected chi connectivity index (χ0v) is 23.1. The number of rotatable bonds is 6.